The monoisotopic (exact) mass is 470 g/mol. The number of thiophene rings is 2. The first kappa shape index (κ1) is 20.1. The Balaban J connectivity index is 1.45. The van der Waals surface area contributed by atoms with E-state index >= 15 is 0 Å². The second-order valence-electron chi connectivity index (χ2n) is 6.97. The number of H-pyrrole nitrogens is 2. The van der Waals surface area contributed by atoms with Crippen molar-refractivity contribution in [2.75, 3.05) is 0 Å². The van der Waals surface area contributed by atoms with Crippen molar-refractivity contribution in [3.8, 4) is 11.1 Å². The maximum absolute atomic E-state index is 13.2. The minimum absolute atomic E-state index is 0.151. The molecule has 156 valence electrons. The molecule has 0 aliphatic rings. The number of fused-ring (bicyclic) bond motifs is 2. The Labute approximate surface area is 187 Å². The number of hydrogen-bond donors (Lipinski definition) is 2. The Morgan fingerprint density at radius 1 is 1.00 bits per heavy atom. The normalized spacial score (nSPS) is 11.6. The number of aryl methyl sites for hydroxylation is 2. The predicted molar refractivity (Wildman–Crippen MR) is 125 cm³/mol. The van der Waals surface area contributed by atoms with Crippen molar-refractivity contribution in [3.63, 3.8) is 0 Å². The summed E-state index contributed by atoms with van der Waals surface area (Å²) in [6.45, 7) is 3.89. The summed E-state index contributed by atoms with van der Waals surface area (Å²) in [4.78, 5) is 42.3. The predicted octanol–water partition coefficient (Wildman–Crippen LogP) is 5.00. The number of rotatable bonds is 4. The van der Waals surface area contributed by atoms with E-state index in [1.807, 2.05) is 19.2 Å². The molecule has 10 heteroatoms. The molecule has 0 aliphatic heterocycles. The van der Waals surface area contributed by atoms with Crippen molar-refractivity contribution in [1.29, 1.82) is 0 Å². The van der Waals surface area contributed by atoms with Crippen LogP contribution in [0.3, 0.4) is 0 Å². The molecule has 0 atom stereocenters. The maximum Gasteiger partial charge on any atom is 0.260 e. The first-order valence-electron chi connectivity index (χ1n) is 9.30. The zero-order valence-electron chi connectivity index (χ0n) is 16.4. The van der Waals surface area contributed by atoms with Crippen LogP contribution < -0.4 is 11.1 Å². The number of halogens is 1. The number of nitrogens with one attached hydrogen (secondary N) is 2. The molecule has 0 amide bonds. The fraction of sp³-hybridized carbons (Fsp3) is 0.143. The third-order valence-corrected chi connectivity index (χ3v) is 7.87. The lowest BCUT2D eigenvalue weighted by atomic mass is 10.1. The number of thioether (sulfide) groups is 1. The molecular formula is C21H15FN4O2S3. The SMILES string of the molecule is Cc1sc2nc(CSc3nc4scc(-c5ccc(F)cc5)c4c(=O)[nH]3)[nH]c(=O)c2c1C. The van der Waals surface area contributed by atoms with E-state index in [4.69, 9.17) is 0 Å². The summed E-state index contributed by atoms with van der Waals surface area (Å²) in [5.74, 6) is 0.572. The Kier molecular flexibility index (Phi) is 4.99. The summed E-state index contributed by atoms with van der Waals surface area (Å²) in [5, 5.41) is 3.42. The van der Waals surface area contributed by atoms with Crippen molar-refractivity contribution >= 4 is 54.9 Å². The molecule has 0 bridgehead atoms. The van der Waals surface area contributed by atoms with E-state index in [0.29, 0.717) is 37.2 Å². The second-order valence-corrected chi connectivity index (χ2v) is 10.00. The Bertz CT molecular complexity index is 1560. The number of nitrogens with zero attached hydrogens (tertiary/aromatic N) is 2. The molecule has 0 unspecified atom stereocenters. The molecule has 5 aromatic rings. The van der Waals surface area contributed by atoms with Gasteiger partial charge >= 0.3 is 0 Å². The lowest BCUT2D eigenvalue weighted by Gasteiger charge is -2.03. The van der Waals surface area contributed by atoms with Crippen LogP contribution in [-0.4, -0.2) is 19.9 Å². The zero-order valence-corrected chi connectivity index (χ0v) is 18.9. The minimum atomic E-state index is -0.327. The third kappa shape index (κ3) is 3.60. The van der Waals surface area contributed by atoms with E-state index in [1.54, 1.807) is 12.1 Å². The highest BCUT2D eigenvalue weighted by Gasteiger charge is 2.15. The van der Waals surface area contributed by atoms with Gasteiger partial charge in [0, 0.05) is 15.8 Å². The van der Waals surface area contributed by atoms with Crippen LogP contribution in [0.1, 0.15) is 16.3 Å². The van der Waals surface area contributed by atoms with E-state index in [9.17, 15) is 14.0 Å². The summed E-state index contributed by atoms with van der Waals surface area (Å²) >= 11 is 4.16. The summed E-state index contributed by atoms with van der Waals surface area (Å²) in [6.07, 6.45) is 0. The highest BCUT2D eigenvalue weighted by atomic mass is 32.2. The fourth-order valence-corrected chi connectivity index (χ4v) is 6.13. The molecule has 0 fully saturated rings. The molecule has 0 radical (unpaired) electrons. The van der Waals surface area contributed by atoms with Crippen LogP contribution in [0.5, 0.6) is 0 Å². The van der Waals surface area contributed by atoms with Crippen molar-refractivity contribution < 1.29 is 4.39 Å². The summed E-state index contributed by atoms with van der Waals surface area (Å²) in [5.41, 5.74) is 2.04. The average Bonchev–Trinajstić information content (AvgIpc) is 3.28. The largest absolute Gasteiger partial charge is 0.309 e. The second kappa shape index (κ2) is 7.70. The van der Waals surface area contributed by atoms with Gasteiger partial charge in [-0.1, -0.05) is 23.9 Å². The van der Waals surface area contributed by atoms with Gasteiger partial charge in [-0.25, -0.2) is 14.4 Å². The number of hydrogen-bond acceptors (Lipinski definition) is 7. The van der Waals surface area contributed by atoms with Crippen LogP contribution in [-0.2, 0) is 5.75 Å². The Morgan fingerprint density at radius 2 is 1.74 bits per heavy atom. The highest BCUT2D eigenvalue weighted by molar-refractivity contribution is 7.98. The first-order valence-corrected chi connectivity index (χ1v) is 12.0. The van der Waals surface area contributed by atoms with Crippen molar-refractivity contribution in [2.24, 2.45) is 0 Å². The topological polar surface area (TPSA) is 91.5 Å². The number of benzene rings is 1. The minimum Gasteiger partial charge on any atom is -0.309 e. The van der Waals surface area contributed by atoms with Gasteiger partial charge in [0.1, 0.15) is 21.3 Å². The molecule has 5 rings (SSSR count). The molecule has 0 spiro atoms. The molecule has 0 saturated heterocycles. The van der Waals surface area contributed by atoms with Gasteiger partial charge in [-0.3, -0.25) is 9.59 Å². The summed E-state index contributed by atoms with van der Waals surface area (Å²) in [6, 6.07) is 6.02. The van der Waals surface area contributed by atoms with Gasteiger partial charge < -0.3 is 9.97 Å². The van der Waals surface area contributed by atoms with E-state index in [2.05, 4.69) is 19.9 Å². The summed E-state index contributed by atoms with van der Waals surface area (Å²) in [7, 11) is 0. The van der Waals surface area contributed by atoms with E-state index in [-0.39, 0.29) is 16.9 Å². The molecule has 0 aliphatic carbocycles. The van der Waals surface area contributed by atoms with E-state index in [0.717, 1.165) is 21.6 Å². The van der Waals surface area contributed by atoms with Crippen LogP contribution >= 0.6 is 34.4 Å². The molecule has 1 aromatic carbocycles. The Morgan fingerprint density at radius 3 is 2.52 bits per heavy atom. The van der Waals surface area contributed by atoms with Crippen molar-refractivity contribution in [3.05, 3.63) is 72.4 Å². The summed E-state index contributed by atoms with van der Waals surface area (Å²) < 4.78 is 13.2. The molecular weight excluding hydrogens is 455 g/mol. The standard InChI is InChI=1S/C21H15FN4O2S3/c1-9-10(2)31-20-15(9)17(27)23-14(24-20)8-30-21-25-18(28)16-13(7-29-19(16)26-21)11-3-5-12(22)6-4-11/h3-7H,8H2,1-2H3,(H,23,24,27)(H,25,26,28). The smallest absolute Gasteiger partial charge is 0.260 e. The molecule has 0 saturated carbocycles. The fourth-order valence-electron chi connectivity index (χ4n) is 3.34. The average molecular weight is 471 g/mol. The van der Waals surface area contributed by atoms with Gasteiger partial charge in [-0.05, 0) is 37.1 Å². The van der Waals surface area contributed by atoms with Crippen LogP contribution in [0.2, 0.25) is 0 Å². The first-order chi connectivity index (χ1) is 14.9. The number of aromatic amines is 2. The zero-order chi connectivity index (χ0) is 21.7. The van der Waals surface area contributed by atoms with Crippen LogP contribution in [0.25, 0.3) is 31.6 Å². The van der Waals surface area contributed by atoms with Gasteiger partial charge in [0.2, 0.25) is 0 Å². The molecule has 6 nitrogen and oxygen atoms in total. The van der Waals surface area contributed by atoms with Crippen molar-refractivity contribution in [2.45, 2.75) is 24.8 Å². The molecule has 4 aromatic heterocycles. The van der Waals surface area contributed by atoms with Gasteiger partial charge in [0.25, 0.3) is 11.1 Å². The Hall–Kier alpha value is -2.82. The van der Waals surface area contributed by atoms with Crippen LogP contribution in [0.15, 0.2) is 44.4 Å². The molecule has 2 N–H and O–H groups in total. The van der Waals surface area contributed by atoms with Gasteiger partial charge in [0.15, 0.2) is 5.16 Å². The number of aromatic nitrogens is 4. The van der Waals surface area contributed by atoms with E-state index in [1.165, 1.54) is 46.6 Å². The molecule has 4 heterocycles. The maximum atomic E-state index is 13.2. The highest BCUT2D eigenvalue weighted by Crippen LogP contribution is 2.32. The van der Waals surface area contributed by atoms with Crippen LogP contribution in [0, 0.1) is 19.7 Å². The lowest BCUT2D eigenvalue weighted by Crippen LogP contribution is -2.12. The van der Waals surface area contributed by atoms with Gasteiger partial charge in [-0.2, -0.15) is 0 Å². The molecule has 31 heavy (non-hydrogen) atoms. The third-order valence-electron chi connectivity index (χ3n) is 5.01. The lowest BCUT2D eigenvalue weighted by molar-refractivity contribution is 0.628. The van der Waals surface area contributed by atoms with Crippen molar-refractivity contribution in [1.82, 2.24) is 19.9 Å². The quantitative estimate of drug-likeness (QED) is 0.285. The van der Waals surface area contributed by atoms with Gasteiger partial charge in [0.05, 0.1) is 16.5 Å². The van der Waals surface area contributed by atoms with E-state index < -0.39 is 0 Å². The van der Waals surface area contributed by atoms with Crippen LogP contribution in [0.4, 0.5) is 4.39 Å². The van der Waals surface area contributed by atoms with Gasteiger partial charge in [-0.15, -0.1) is 22.7 Å².